The molecule has 6 nitrogen and oxygen atoms in total. The fourth-order valence-corrected chi connectivity index (χ4v) is 2.50. The van der Waals surface area contributed by atoms with Gasteiger partial charge in [0.1, 0.15) is 0 Å². The maximum atomic E-state index is 12.0. The van der Waals surface area contributed by atoms with Crippen LogP contribution in [-0.2, 0) is 14.3 Å². The molecule has 28 heavy (non-hydrogen) atoms. The van der Waals surface area contributed by atoms with Gasteiger partial charge >= 0.3 is 5.97 Å². The number of amides is 1. The first kappa shape index (κ1) is 21.3. The van der Waals surface area contributed by atoms with Crippen molar-refractivity contribution in [2.45, 2.75) is 33.1 Å². The summed E-state index contributed by atoms with van der Waals surface area (Å²) in [6.45, 7) is 5.96. The van der Waals surface area contributed by atoms with E-state index >= 15 is 0 Å². The van der Waals surface area contributed by atoms with Gasteiger partial charge in [-0.05, 0) is 49.1 Å². The number of hydrogen-bond acceptors (Lipinski definition) is 5. The molecule has 0 bridgehead atoms. The fourth-order valence-electron chi connectivity index (χ4n) is 2.50. The fraction of sp³-hybridized carbons (Fsp3) is 0.364. The lowest BCUT2D eigenvalue weighted by Gasteiger charge is -2.12. The highest BCUT2D eigenvalue weighted by atomic mass is 16.6. The molecule has 0 heterocycles. The Morgan fingerprint density at radius 2 is 1.57 bits per heavy atom. The number of anilines is 1. The van der Waals surface area contributed by atoms with E-state index in [2.05, 4.69) is 19.2 Å². The number of rotatable bonds is 10. The first-order valence-corrected chi connectivity index (χ1v) is 9.43. The molecule has 6 heteroatoms. The van der Waals surface area contributed by atoms with Crippen molar-refractivity contribution in [2.75, 3.05) is 25.1 Å². The van der Waals surface area contributed by atoms with Crippen molar-refractivity contribution in [1.29, 1.82) is 0 Å². The van der Waals surface area contributed by atoms with Crippen LogP contribution in [0.4, 0.5) is 5.69 Å². The molecular formula is C22H27NO5. The molecule has 1 atom stereocenters. The highest BCUT2D eigenvalue weighted by Gasteiger charge is 2.11. The summed E-state index contributed by atoms with van der Waals surface area (Å²) in [6, 6.07) is 14.7. The zero-order valence-corrected chi connectivity index (χ0v) is 16.6. The van der Waals surface area contributed by atoms with Crippen LogP contribution in [-0.4, -0.2) is 31.7 Å². The molecule has 0 aliphatic rings. The zero-order chi connectivity index (χ0) is 20.4. The van der Waals surface area contributed by atoms with E-state index in [1.54, 1.807) is 18.2 Å². The Morgan fingerprint density at radius 3 is 2.18 bits per heavy atom. The molecule has 0 fully saturated rings. The van der Waals surface area contributed by atoms with Crippen molar-refractivity contribution in [3.05, 3.63) is 54.1 Å². The molecule has 1 amide bonds. The number of nitrogens with one attached hydrogen (secondary N) is 1. The van der Waals surface area contributed by atoms with E-state index in [9.17, 15) is 9.59 Å². The summed E-state index contributed by atoms with van der Waals surface area (Å²) in [7, 11) is 0. The average molecular weight is 385 g/mol. The Hall–Kier alpha value is -3.02. The van der Waals surface area contributed by atoms with Gasteiger partial charge in [0.2, 0.25) is 0 Å². The van der Waals surface area contributed by atoms with Crippen LogP contribution in [0, 0.1) is 0 Å². The van der Waals surface area contributed by atoms with Crippen LogP contribution in [0.25, 0.3) is 0 Å². The molecular weight excluding hydrogens is 358 g/mol. The van der Waals surface area contributed by atoms with Gasteiger partial charge in [0.15, 0.2) is 24.7 Å². The standard InChI is InChI=1S/C22H27NO5/c1-4-16(3)17-10-12-18(13-11-17)23-21(24)14-28-22(25)15-27-20-9-7-6-8-19(20)26-5-2/h6-13,16H,4-5,14-15H2,1-3H3,(H,23,24)/t16-/m0/s1. The predicted molar refractivity (Wildman–Crippen MR) is 108 cm³/mol. The van der Waals surface area contributed by atoms with Gasteiger partial charge in [-0.15, -0.1) is 0 Å². The third-order valence-electron chi connectivity index (χ3n) is 4.23. The Labute approximate surface area is 165 Å². The molecule has 2 aromatic carbocycles. The molecule has 0 unspecified atom stereocenters. The van der Waals surface area contributed by atoms with Gasteiger partial charge in [0.25, 0.3) is 5.91 Å². The van der Waals surface area contributed by atoms with E-state index in [-0.39, 0.29) is 13.2 Å². The lowest BCUT2D eigenvalue weighted by atomic mass is 9.99. The average Bonchev–Trinajstić information content (AvgIpc) is 2.72. The van der Waals surface area contributed by atoms with Gasteiger partial charge in [-0.2, -0.15) is 0 Å². The van der Waals surface area contributed by atoms with Crippen LogP contribution in [0.5, 0.6) is 11.5 Å². The van der Waals surface area contributed by atoms with E-state index in [0.717, 1.165) is 6.42 Å². The van der Waals surface area contributed by atoms with Crippen LogP contribution in [0.3, 0.4) is 0 Å². The SMILES string of the molecule is CCOc1ccccc1OCC(=O)OCC(=O)Nc1ccc([C@@H](C)CC)cc1. The minimum absolute atomic E-state index is 0.305. The number of carbonyl (C=O) groups is 2. The van der Waals surface area contributed by atoms with Crippen molar-refractivity contribution in [2.24, 2.45) is 0 Å². The van der Waals surface area contributed by atoms with E-state index in [1.165, 1.54) is 5.56 Å². The summed E-state index contributed by atoms with van der Waals surface area (Å²) in [6.07, 6.45) is 1.05. The number of para-hydroxylation sites is 2. The lowest BCUT2D eigenvalue weighted by Crippen LogP contribution is -2.23. The second-order valence-electron chi connectivity index (χ2n) is 6.31. The molecule has 2 rings (SSSR count). The van der Waals surface area contributed by atoms with Gasteiger partial charge < -0.3 is 19.5 Å². The summed E-state index contributed by atoms with van der Waals surface area (Å²) in [5.41, 5.74) is 1.88. The smallest absolute Gasteiger partial charge is 0.344 e. The van der Waals surface area contributed by atoms with Crippen LogP contribution >= 0.6 is 0 Å². The Bertz CT molecular complexity index is 773. The number of esters is 1. The van der Waals surface area contributed by atoms with Gasteiger partial charge in [0, 0.05) is 5.69 Å². The molecule has 150 valence electrons. The Balaban J connectivity index is 1.76. The van der Waals surface area contributed by atoms with E-state index in [1.807, 2.05) is 37.3 Å². The summed E-state index contributed by atoms with van der Waals surface area (Å²) in [5, 5.41) is 2.70. The second kappa shape index (κ2) is 11.0. The van der Waals surface area contributed by atoms with Crippen molar-refractivity contribution in [3.63, 3.8) is 0 Å². The number of hydrogen-bond donors (Lipinski definition) is 1. The van der Waals surface area contributed by atoms with Crippen LogP contribution in [0.15, 0.2) is 48.5 Å². The molecule has 2 aromatic rings. The lowest BCUT2D eigenvalue weighted by molar-refractivity contribution is -0.149. The number of benzene rings is 2. The van der Waals surface area contributed by atoms with Crippen molar-refractivity contribution in [1.82, 2.24) is 0 Å². The normalized spacial score (nSPS) is 11.4. The van der Waals surface area contributed by atoms with Gasteiger partial charge in [-0.1, -0.05) is 38.1 Å². The first-order valence-electron chi connectivity index (χ1n) is 9.43. The predicted octanol–water partition coefficient (Wildman–Crippen LogP) is 4.16. The molecule has 0 aliphatic carbocycles. The minimum atomic E-state index is -0.631. The molecule has 0 saturated carbocycles. The molecule has 0 aliphatic heterocycles. The minimum Gasteiger partial charge on any atom is -0.490 e. The second-order valence-corrected chi connectivity index (χ2v) is 6.31. The molecule has 0 saturated heterocycles. The summed E-state index contributed by atoms with van der Waals surface area (Å²) in [4.78, 5) is 23.8. The van der Waals surface area contributed by atoms with Gasteiger partial charge in [-0.3, -0.25) is 4.79 Å². The molecule has 0 radical (unpaired) electrons. The third-order valence-corrected chi connectivity index (χ3v) is 4.23. The monoisotopic (exact) mass is 385 g/mol. The number of ether oxygens (including phenoxy) is 3. The van der Waals surface area contributed by atoms with Gasteiger partial charge in [0.05, 0.1) is 6.61 Å². The Morgan fingerprint density at radius 1 is 0.929 bits per heavy atom. The maximum Gasteiger partial charge on any atom is 0.344 e. The third kappa shape index (κ3) is 6.61. The topological polar surface area (TPSA) is 73.9 Å². The summed E-state index contributed by atoms with van der Waals surface area (Å²) in [5.74, 6) is 0.440. The zero-order valence-electron chi connectivity index (χ0n) is 16.6. The summed E-state index contributed by atoms with van der Waals surface area (Å²) < 4.78 is 15.8. The van der Waals surface area contributed by atoms with Gasteiger partial charge in [-0.25, -0.2) is 4.79 Å². The highest BCUT2D eigenvalue weighted by molar-refractivity contribution is 5.92. The van der Waals surface area contributed by atoms with Crippen molar-refractivity contribution in [3.8, 4) is 11.5 Å². The maximum absolute atomic E-state index is 12.0. The van der Waals surface area contributed by atoms with E-state index < -0.39 is 11.9 Å². The first-order chi connectivity index (χ1) is 13.5. The van der Waals surface area contributed by atoms with E-state index in [0.29, 0.717) is 29.7 Å². The summed E-state index contributed by atoms with van der Waals surface area (Å²) >= 11 is 0. The van der Waals surface area contributed by atoms with Crippen LogP contribution in [0.2, 0.25) is 0 Å². The van der Waals surface area contributed by atoms with Crippen LogP contribution < -0.4 is 14.8 Å². The molecule has 1 N–H and O–H groups in total. The van der Waals surface area contributed by atoms with Crippen LogP contribution in [0.1, 0.15) is 38.7 Å². The molecule has 0 spiro atoms. The quantitative estimate of drug-likeness (QED) is 0.622. The number of carbonyl (C=O) groups excluding carboxylic acids is 2. The molecule has 0 aromatic heterocycles. The van der Waals surface area contributed by atoms with Crippen molar-refractivity contribution >= 4 is 17.6 Å². The Kier molecular flexibility index (Phi) is 8.34. The highest BCUT2D eigenvalue weighted by Crippen LogP contribution is 2.26. The van der Waals surface area contributed by atoms with E-state index in [4.69, 9.17) is 14.2 Å². The van der Waals surface area contributed by atoms with Crippen molar-refractivity contribution < 1.29 is 23.8 Å². The largest absolute Gasteiger partial charge is 0.490 e.